The van der Waals surface area contributed by atoms with Crippen LogP contribution in [0.3, 0.4) is 0 Å². The molecule has 0 aromatic heterocycles. The molecule has 0 aliphatic heterocycles. The molecular weight excluding hydrogens is 210 g/mol. The van der Waals surface area contributed by atoms with Gasteiger partial charge < -0.3 is 15.5 Å². The van der Waals surface area contributed by atoms with E-state index in [0.717, 1.165) is 0 Å². The third-order valence-corrected chi connectivity index (χ3v) is 2.37. The number of carbonyl (C=O) groups excluding carboxylic acids is 1. The Balaban J connectivity index is 3.66. The summed E-state index contributed by atoms with van der Waals surface area (Å²) in [6.45, 7) is 0. The number of amides is 1. The number of thioether (sulfide) groups is 1. The number of rotatable bonds is 8. The Morgan fingerprint density at radius 2 is 2.07 bits per heavy atom. The van der Waals surface area contributed by atoms with Crippen LogP contribution in [0.5, 0.6) is 0 Å². The van der Waals surface area contributed by atoms with E-state index in [2.05, 4.69) is 5.32 Å². The SMILES string of the molecule is O=CNC(CSCCC(=O)O)C(=O)O. The lowest BCUT2D eigenvalue weighted by atomic mass is 10.3. The zero-order valence-electron chi connectivity index (χ0n) is 7.30. The largest absolute Gasteiger partial charge is 0.481 e. The van der Waals surface area contributed by atoms with Crippen LogP contribution in [-0.4, -0.2) is 46.1 Å². The third kappa shape index (κ3) is 6.30. The number of hydrogen-bond acceptors (Lipinski definition) is 4. The molecule has 14 heavy (non-hydrogen) atoms. The summed E-state index contributed by atoms with van der Waals surface area (Å²) in [7, 11) is 0. The minimum atomic E-state index is -1.13. The van der Waals surface area contributed by atoms with Crippen molar-refractivity contribution in [1.29, 1.82) is 0 Å². The fourth-order valence-electron chi connectivity index (χ4n) is 0.633. The Labute approximate surface area is 84.7 Å². The highest BCUT2D eigenvalue weighted by Crippen LogP contribution is 2.04. The van der Waals surface area contributed by atoms with E-state index in [-0.39, 0.29) is 12.2 Å². The van der Waals surface area contributed by atoms with Gasteiger partial charge in [-0.25, -0.2) is 4.79 Å². The average Bonchev–Trinajstić information content (AvgIpc) is 2.09. The van der Waals surface area contributed by atoms with Crippen molar-refractivity contribution in [3.8, 4) is 0 Å². The van der Waals surface area contributed by atoms with Crippen molar-refractivity contribution in [2.45, 2.75) is 12.5 Å². The second kappa shape index (κ2) is 7.19. The Morgan fingerprint density at radius 3 is 2.50 bits per heavy atom. The first kappa shape index (κ1) is 12.8. The number of nitrogens with one attached hydrogen (secondary N) is 1. The summed E-state index contributed by atoms with van der Waals surface area (Å²) in [6.07, 6.45) is 0.300. The maximum atomic E-state index is 10.5. The van der Waals surface area contributed by atoms with Crippen molar-refractivity contribution in [3.05, 3.63) is 0 Å². The van der Waals surface area contributed by atoms with Crippen LogP contribution < -0.4 is 5.32 Å². The van der Waals surface area contributed by atoms with Gasteiger partial charge in [0.15, 0.2) is 0 Å². The molecule has 0 radical (unpaired) electrons. The molecule has 6 nitrogen and oxygen atoms in total. The zero-order valence-corrected chi connectivity index (χ0v) is 8.12. The molecular formula is C7H11NO5S. The van der Waals surface area contributed by atoms with Crippen LogP contribution in [0, 0.1) is 0 Å². The lowest BCUT2D eigenvalue weighted by molar-refractivity contribution is -0.139. The molecule has 3 N–H and O–H groups in total. The van der Waals surface area contributed by atoms with E-state index in [1.165, 1.54) is 11.8 Å². The van der Waals surface area contributed by atoms with Crippen LogP contribution >= 0.6 is 11.8 Å². The van der Waals surface area contributed by atoms with E-state index in [9.17, 15) is 14.4 Å². The summed E-state index contributed by atoms with van der Waals surface area (Å²) < 4.78 is 0. The minimum absolute atomic E-state index is 0.0158. The van der Waals surface area contributed by atoms with Gasteiger partial charge in [-0.3, -0.25) is 9.59 Å². The number of carbonyl (C=O) groups is 3. The van der Waals surface area contributed by atoms with Crippen LogP contribution in [-0.2, 0) is 14.4 Å². The van der Waals surface area contributed by atoms with Crippen molar-refractivity contribution in [2.24, 2.45) is 0 Å². The second-order valence-electron chi connectivity index (χ2n) is 2.39. The highest BCUT2D eigenvalue weighted by molar-refractivity contribution is 7.99. The van der Waals surface area contributed by atoms with E-state index < -0.39 is 18.0 Å². The first-order chi connectivity index (χ1) is 6.57. The fourth-order valence-corrected chi connectivity index (χ4v) is 1.59. The highest BCUT2D eigenvalue weighted by Gasteiger charge is 2.15. The van der Waals surface area contributed by atoms with Crippen molar-refractivity contribution in [1.82, 2.24) is 5.32 Å². The Hall–Kier alpha value is -1.24. The summed E-state index contributed by atoms with van der Waals surface area (Å²) in [5.41, 5.74) is 0. The van der Waals surface area contributed by atoms with Crippen LogP contribution in [0.1, 0.15) is 6.42 Å². The van der Waals surface area contributed by atoms with E-state index in [1.807, 2.05) is 0 Å². The third-order valence-electron chi connectivity index (χ3n) is 1.31. The van der Waals surface area contributed by atoms with Gasteiger partial charge in [-0.2, -0.15) is 11.8 Å². The van der Waals surface area contributed by atoms with E-state index in [4.69, 9.17) is 10.2 Å². The molecule has 0 saturated carbocycles. The monoisotopic (exact) mass is 221 g/mol. The summed E-state index contributed by atoms with van der Waals surface area (Å²) in [5, 5.41) is 19.0. The number of carboxylic acid groups (broad SMARTS) is 2. The number of aliphatic carboxylic acids is 2. The van der Waals surface area contributed by atoms with Crippen LogP contribution in [0.15, 0.2) is 0 Å². The molecule has 0 spiro atoms. The van der Waals surface area contributed by atoms with E-state index in [1.54, 1.807) is 0 Å². The highest BCUT2D eigenvalue weighted by atomic mass is 32.2. The van der Waals surface area contributed by atoms with Gasteiger partial charge in [0.2, 0.25) is 6.41 Å². The molecule has 0 aromatic rings. The molecule has 7 heteroatoms. The van der Waals surface area contributed by atoms with Crippen LogP contribution in [0.2, 0.25) is 0 Å². The number of carboxylic acids is 2. The molecule has 0 aromatic carbocycles. The quantitative estimate of drug-likeness (QED) is 0.373. The Morgan fingerprint density at radius 1 is 1.43 bits per heavy atom. The van der Waals surface area contributed by atoms with Gasteiger partial charge in [0.1, 0.15) is 6.04 Å². The van der Waals surface area contributed by atoms with Gasteiger partial charge in [0.05, 0.1) is 6.42 Å². The van der Waals surface area contributed by atoms with Crippen molar-refractivity contribution in [2.75, 3.05) is 11.5 Å². The predicted molar refractivity (Wildman–Crippen MR) is 50.2 cm³/mol. The van der Waals surface area contributed by atoms with Gasteiger partial charge in [-0.05, 0) is 0 Å². The summed E-state index contributed by atoms with van der Waals surface area (Å²) >= 11 is 1.17. The van der Waals surface area contributed by atoms with Crippen molar-refractivity contribution in [3.63, 3.8) is 0 Å². The minimum Gasteiger partial charge on any atom is -0.481 e. The van der Waals surface area contributed by atoms with Gasteiger partial charge in [-0.1, -0.05) is 0 Å². The maximum Gasteiger partial charge on any atom is 0.327 e. The Kier molecular flexibility index (Phi) is 6.55. The van der Waals surface area contributed by atoms with Gasteiger partial charge >= 0.3 is 11.9 Å². The molecule has 1 amide bonds. The Bertz CT molecular complexity index is 220. The van der Waals surface area contributed by atoms with Crippen molar-refractivity contribution >= 4 is 30.1 Å². The molecule has 0 bridgehead atoms. The van der Waals surface area contributed by atoms with E-state index >= 15 is 0 Å². The average molecular weight is 221 g/mol. The van der Waals surface area contributed by atoms with Gasteiger partial charge in [-0.15, -0.1) is 0 Å². The summed E-state index contributed by atoms with van der Waals surface area (Å²) in [6, 6.07) is -0.953. The first-order valence-electron chi connectivity index (χ1n) is 3.80. The maximum absolute atomic E-state index is 10.5. The molecule has 0 heterocycles. The van der Waals surface area contributed by atoms with Crippen LogP contribution in [0.25, 0.3) is 0 Å². The normalized spacial score (nSPS) is 11.7. The topological polar surface area (TPSA) is 104 Å². The lowest BCUT2D eigenvalue weighted by Crippen LogP contribution is -2.37. The fraction of sp³-hybridized carbons (Fsp3) is 0.571. The molecule has 1 unspecified atom stereocenters. The molecule has 0 fully saturated rings. The molecule has 80 valence electrons. The molecule has 0 aliphatic carbocycles. The summed E-state index contributed by atoms with van der Waals surface area (Å²) in [4.78, 5) is 30.6. The smallest absolute Gasteiger partial charge is 0.327 e. The number of hydrogen-bond donors (Lipinski definition) is 3. The molecule has 0 aliphatic rings. The molecule has 0 saturated heterocycles. The second-order valence-corrected chi connectivity index (χ2v) is 3.54. The summed E-state index contributed by atoms with van der Waals surface area (Å²) in [5.74, 6) is -1.55. The molecule has 1 atom stereocenters. The predicted octanol–water partition coefficient (Wildman–Crippen LogP) is -0.606. The molecule has 0 rings (SSSR count). The first-order valence-corrected chi connectivity index (χ1v) is 4.95. The van der Waals surface area contributed by atoms with Gasteiger partial charge in [0.25, 0.3) is 0 Å². The van der Waals surface area contributed by atoms with E-state index in [0.29, 0.717) is 12.2 Å². The lowest BCUT2D eigenvalue weighted by Gasteiger charge is -2.09. The van der Waals surface area contributed by atoms with Crippen LogP contribution in [0.4, 0.5) is 0 Å². The van der Waals surface area contributed by atoms with Crippen molar-refractivity contribution < 1.29 is 24.6 Å². The standard InChI is InChI=1S/C7H11NO5S/c9-4-8-5(7(12)13)3-14-2-1-6(10)11/h4-5H,1-3H2,(H,8,9)(H,10,11)(H,12,13). The van der Waals surface area contributed by atoms with Gasteiger partial charge in [0, 0.05) is 11.5 Å². The zero-order chi connectivity index (χ0) is 11.0.